The van der Waals surface area contributed by atoms with Crippen LogP contribution in [0, 0.1) is 0 Å². The summed E-state index contributed by atoms with van der Waals surface area (Å²) in [5.74, 6) is 0.804. The maximum Gasteiger partial charge on any atom is 0.241 e. The maximum absolute atomic E-state index is 12.3. The molecule has 2 N–H and O–H groups in total. The Bertz CT molecular complexity index is 918. The quantitative estimate of drug-likeness (QED) is 0.759. The molecule has 1 amide bonds. The Labute approximate surface area is 162 Å². The standard InChI is InChI=1S/C18H19ClN2O5S/c1-12(21-27(23,24)15-8-6-13(19)7-9-15)18(22)20-10-14-11-25-16-4-2-3-5-17(16)26-14/h2-9,12,14,21H,10-11H2,1H3,(H,20,22)/t12-,14+/m0/s1. The maximum atomic E-state index is 12.3. The van der Waals surface area contributed by atoms with E-state index in [9.17, 15) is 13.2 Å². The van der Waals surface area contributed by atoms with Crippen LogP contribution in [0.25, 0.3) is 0 Å². The van der Waals surface area contributed by atoms with Crippen LogP contribution in [0.1, 0.15) is 6.92 Å². The van der Waals surface area contributed by atoms with Crippen molar-refractivity contribution in [2.24, 2.45) is 0 Å². The van der Waals surface area contributed by atoms with E-state index < -0.39 is 22.0 Å². The Hall–Kier alpha value is -2.29. The molecule has 0 spiro atoms. The van der Waals surface area contributed by atoms with E-state index in [-0.39, 0.29) is 17.5 Å². The third-order valence-electron chi connectivity index (χ3n) is 3.92. The molecular weight excluding hydrogens is 392 g/mol. The van der Waals surface area contributed by atoms with Gasteiger partial charge in [0.25, 0.3) is 0 Å². The predicted molar refractivity (Wildman–Crippen MR) is 101 cm³/mol. The first kappa shape index (κ1) is 19.5. The molecule has 1 heterocycles. The molecule has 0 aliphatic carbocycles. The van der Waals surface area contributed by atoms with Gasteiger partial charge in [-0.05, 0) is 43.3 Å². The summed E-state index contributed by atoms with van der Waals surface area (Å²) in [6.45, 7) is 1.96. The van der Waals surface area contributed by atoms with Gasteiger partial charge >= 0.3 is 0 Å². The lowest BCUT2D eigenvalue weighted by atomic mass is 10.2. The third-order valence-corrected chi connectivity index (χ3v) is 5.73. The van der Waals surface area contributed by atoms with Gasteiger partial charge in [-0.2, -0.15) is 4.72 Å². The molecule has 27 heavy (non-hydrogen) atoms. The summed E-state index contributed by atoms with van der Waals surface area (Å²) < 4.78 is 38.3. The van der Waals surface area contributed by atoms with Crippen LogP contribution in [0.2, 0.25) is 5.02 Å². The molecular formula is C18H19ClN2O5S. The minimum Gasteiger partial charge on any atom is -0.486 e. The van der Waals surface area contributed by atoms with Crippen LogP contribution in [0.3, 0.4) is 0 Å². The highest BCUT2D eigenvalue weighted by Crippen LogP contribution is 2.30. The van der Waals surface area contributed by atoms with Gasteiger partial charge in [0, 0.05) is 5.02 Å². The molecule has 0 bridgehead atoms. The highest BCUT2D eigenvalue weighted by Gasteiger charge is 2.25. The Morgan fingerprint density at radius 1 is 1.19 bits per heavy atom. The molecule has 1 aliphatic rings. The van der Waals surface area contributed by atoms with Crippen molar-refractivity contribution in [1.82, 2.24) is 10.0 Å². The minimum absolute atomic E-state index is 0.0344. The van der Waals surface area contributed by atoms with Gasteiger partial charge in [0.15, 0.2) is 11.5 Å². The van der Waals surface area contributed by atoms with E-state index in [0.29, 0.717) is 23.1 Å². The summed E-state index contributed by atoms with van der Waals surface area (Å²) in [6, 6.07) is 12.0. The normalized spacial score (nSPS) is 17.2. The van der Waals surface area contributed by atoms with E-state index in [4.69, 9.17) is 21.1 Å². The first-order chi connectivity index (χ1) is 12.8. The number of ether oxygens (including phenoxy) is 2. The second kappa shape index (κ2) is 8.16. The SMILES string of the molecule is C[C@H](NS(=O)(=O)c1ccc(Cl)cc1)C(=O)NC[C@@H]1COc2ccccc2O1. The van der Waals surface area contributed by atoms with Gasteiger partial charge < -0.3 is 14.8 Å². The van der Waals surface area contributed by atoms with E-state index >= 15 is 0 Å². The lowest BCUT2D eigenvalue weighted by Gasteiger charge is -2.27. The zero-order chi connectivity index (χ0) is 19.4. The van der Waals surface area contributed by atoms with Crippen LogP contribution in [-0.2, 0) is 14.8 Å². The first-order valence-corrected chi connectivity index (χ1v) is 10.2. The monoisotopic (exact) mass is 410 g/mol. The number of para-hydroxylation sites is 2. The van der Waals surface area contributed by atoms with Crippen LogP contribution in [0.4, 0.5) is 0 Å². The van der Waals surface area contributed by atoms with E-state index in [1.165, 1.54) is 31.2 Å². The van der Waals surface area contributed by atoms with Crippen molar-refractivity contribution in [3.63, 3.8) is 0 Å². The molecule has 0 aromatic heterocycles. The Morgan fingerprint density at radius 2 is 1.85 bits per heavy atom. The summed E-state index contributed by atoms with van der Waals surface area (Å²) in [7, 11) is -3.83. The second-order valence-electron chi connectivity index (χ2n) is 6.04. The van der Waals surface area contributed by atoms with Crippen molar-refractivity contribution in [3.8, 4) is 11.5 Å². The van der Waals surface area contributed by atoms with Gasteiger partial charge in [0.1, 0.15) is 12.7 Å². The molecule has 0 unspecified atom stereocenters. The number of hydrogen-bond donors (Lipinski definition) is 2. The van der Waals surface area contributed by atoms with Crippen molar-refractivity contribution in [2.75, 3.05) is 13.2 Å². The molecule has 7 nitrogen and oxygen atoms in total. The van der Waals surface area contributed by atoms with Gasteiger partial charge in [-0.3, -0.25) is 4.79 Å². The highest BCUT2D eigenvalue weighted by atomic mass is 35.5. The van der Waals surface area contributed by atoms with Gasteiger partial charge in [-0.25, -0.2) is 8.42 Å². The number of rotatable bonds is 6. The molecule has 144 valence electrons. The van der Waals surface area contributed by atoms with Crippen molar-refractivity contribution in [3.05, 3.63) is 53.6 Å². The summed E-state index contributed by atoms with van der Waals surface area (Å²) in [4.78, 5) is 12.3. The molecule has 3 rings (SSSR count). The average molecular weight is 411 g/mol. The molecule has 0 radical (unpaired) electrons. The van der Waals surface area contributed by atoms with E-state index in [1.54, 1.807) is 12.1 Å². The van der Waals surface area contributed by atoms with Gasteiger partial charge in [-0.15, -0.1) is 0 Å². The number of amides is 1. The van der Waals surface area contributed by atoms with Crippen LogP contribution < -0.4 is 19.5 Å². The van der Waals surface area contributed by atoms with Crippen LogP contribution in [0.15, 0.2) is 53.4 Å². The number of benzene rings is 2. The van der Waals surface area contributed by atoms with Crippen LogP contribution >= 0.6 is 11.6 Å². The Kier molecular flexibility index (Phi) is 5.88. The fraction of sp³-hybridized carbons (Fsp3) is 0.278. The molecule has 2 aromatic carbocycles. The first-order valence-electron chi connectivity index (χ1n) is 8.29. The lowest BCUT2D eigenvalue weighted by Crippen LogP contribution is -2.48. The summed E-state index contributed by atoms with van der Waals surface area (Å²) in [6.07, 6.45) is -0.357. The molecule has 2 aromatic rings. The number of carbonyl (C=O) groups is 1. The zero-order valence-electron chi connectivity index (χ0n) is 14.5. The largest absolute Gasteiger partial charge is 0.486 e. The molecule has 2 atom stereocenters. The fourth-order valence-electron chi connectivity index (χ4n) is 2.50. The van der Waals surface area contributed by atoms with Crippen molar-refractivity contribution >= 4 is 27.5 Å². The topological polar surface area (TPSA) is 93.7 Å². The summed E-state index contributed by atoms with van der Waals surface area (Å²) >= 11 is 5.76. The van der Waals surface area contributed by atoms with Crippen LogP contribution in [-0.4, -0.2) is 39.6 Å². The number of hydrogen-bond acceptors (Lipinski definition) is 5. The Balaban J connectivity index is 1.53. The number of carbonyl (C=O) groups excluding carboxylic acids is 1. The number of fused-ring (bicyclic) bond motifs is 1. The Morgan fingerprint density at radius 3 is 2.56 bits per heavy atom. The predicted octanol–water partition coefficient (Wildman–Crippen LogP) is 1.96. The second-order valence-corrected chi connectivity index (χ2v) is 8.19. The molecule has 0 fully saturated rings. The van der Waals surface area contributed by atoms with Crippen molar-refractivity contribution < 1.29 is 22.7 Å². The molecule has 0 saturated carbocycles. The number of halogens is 1. The van der Waals surface area contributed by atoms with Gasteiger partial charge in [0.05, 0.1) is 17.5 Å². The molecule has 9 heteroatoms. The number of sulfonamides is 1. The van der Waals surface area contributed by atoms with Gasteiger partial charge in [0.2, 0.25) is 15.9 Å². The van der Waals surface area contributed by atoms with E-state index in [1.807, 2.05) is 12.1 Å². The fourth-order valence-corrected chi connectivity index (χ4v) is 3.83. The highest BCUT2D eigenvalue weighted by molar-refractivity contribution is 7.89. The minimum atomic E-state index is -3.83. The van der Waals surface area contributed by atoms with Crippen molar-refractivity contribution in [2.45, 2.75) is 24.0 Å². The summed E-state index contributed by atoms with van der Waals surface area (Å²) in [5, 5.41) is 3.10. The summed E-state index contributed by atoms with van der Waals surface area (Å²) in [5.41, 5.74) is 0. The smallest absolute Gasteiger partial charge is 0.241 e. The van der Waals surface area contributed by atoms with E-state index in [0.717, 1.165) is 0 Å². The van der Waals surface area contributed by atoms with Crippen LogP contribution in [0.5, 0.6) is 11.5 Å². The van der Waals surface area contributed by atoms with E-state index in [2.05, 4.69) is 10.0 Å². The molecule has 1 aliphatic heterocycles. The van der Waals surface area contributed by atoms with Gasteiger partial charge in [-0.1, -0.05) is 23.7 Å². The zero-order valence-corrected chi connectivity index (χ0v) is 16.1. The van der Waals surface area contributed by atoms with Crippen molar-refractivity contribution in [1.29, 1.82) is 0 Å². The number of nitrogens with one attached hydrogen (secondary N) is 2. The molecule has 0 saturated heterocycles. The lowest BCUT2D eigenvalue weighted by molar-refractivity contribution is -0.122. The average Bonchev–Trinajstić information content (AvgIpc) is 2.66. The third kappa shape index (κ3) is 4.91.